The fraction of sp³-hybridized carbons (Fsp3) is 0.400. The van der Waals surface area contributed by atoms with Gasteiger partial charge in [-0.2, -0.15) is 0 Å². The lowest BCUT2D eigenvalue weighted by molar-refractivity contribution is 0.288. The quantitative estimate of drug-likeness (QED) is 0.687. The molecule has 1 N–H and O–H groups in total. The molecular formula is C10H14OS. The molecule has 1 nitrogen and oxygen atoms in total. The maximum atomic E-state index is 8.68. The molecule has 0 saturated carbocycles. The minimum atomic E-state index is 0.252. The van der Waals surface area contributed by atoms with Gasteiger partial charge in [-0.05, 0) is 37.0 Å². The zero-order valence-electron chi connectivity index (χ0n) is 7.25. The number of rotatable bonds is 3. The zero-order valence-corrected chi connectivity index (χ0v) is 8.14. The molecular weight excluding hydrogens is 168 g/mol. The van der Waals surface area contributed by atoms with E-state index in [1.807, 2.05) is 12.1 Å². The Morgan fingerprint density at radius 3 is 2.75 bits per heavy atom. The van der Waals surface area contributed by atoms with Crippen LogP contribution in [0, 0.1) is 6.92 Å². The van der Waals surface area contributed by atoms with Crippen LogP contribution in [0.1, 0.15) is 17.5 Å². The highest BCUT2D eigenvalue weighted by atomic mass is 32.1. The zero-order chi connectivity index (χ0) is 8.97. The van der Waals surface area contributed by atoms with Gasteiger partial charge in [-0.15, -0.1) is 12.6 Å². The summed E-state index contributed by atoms with van der Waals surface area (Å²) < 4.78 is 0. The second-order valence-corrected chi connectivity index (χ2v) is 3.38. The second-order valence-electron chi connectivity index (χ2n) is 2.90. The molecule has 1 aromatic rings. The highest BCUT2D eigenvalue weighted by Crippen LogP contribution is 2.18. The lowest BCUT2D eigenvalue weighted by atomic mass is 10.0. The van der Waals surface area contributed by atoms with Crippen molar-refractivity contribution in [3.8, 4) is 0 Å². The van der Waals surface area contributed by atoms with E-state index in [2.05, 4.69) is 25.6 Å². The van der Waals surface area contributed by atoms with E-state index in [9.17, 15) is 0 Å². The number of hydrogen-bond acceptors (Lipinski definition) is 2. The van der Waals surface area contributed by atoms with E-state index in [-0.39, 0.29) is 6.61 Å². The maximum absolute atomic E-state index is 8.68. The van der Waals surface area contributed by atoms with Crippen molar-refractivity contribution in [3.05, 3.63) is 29.3 Å². The van der Waals surface area contributed by atoms with E-state index in [1.54, 1.807) is 0 Å². The number of benzene rings is 1. The Kier molecular flexibility index (Phi) is 3.63. The molecule has 2 heteroatoms. The minimum absolute atomic E-state index is 0.252. The number of hydrogen-bond donors (Lipinski definition) is 2. The average Bonchev–Trinajstić information content (AvgIpc) is 2.04. The van der Waals surface area contributed by atoms with Crippen molar-refractivity contribution in [2.45, 2.75) is 24.7 Å². The maximum Gasteiger partial charge on any atom is 0.0434 e. The Labute approximate surface area is 78.8 Å². The summed E-state index contributed by atoms with van der Waals surface area (Å²) in [5.41, 5.74) is 2.52. The highest BCUT2D eigenvalue weighted by molar-refractivity contribution is 7.80. The predicted molar refractivity (Wildman–Crippen MR) is 53.8 cm³/mol. The van der Waals surface area contributed by atoms with Crippen molar-refractivity contribution in [2.75, 3.05) is 6.61 Å². The first-order chi connectivity index (χ1) is 5.75. The van der Waals surface area contributed by atoms with Crippen LogP contribution in [-0.4, -0.2) is 11.7 Å². The van der Waals surface area contributed by atoms with Gasteiger partial charge >= 0.3 is 0 Å². The van der Waals surface area contributed by atoms with Crippen LogP contribution in [0.3, 0.4) is 0 Å². The standard InChI is InChI=1S/C10H14OS/c1-8-4-2-6-10(12)9(8)5-3-7-11/h2,4,6,11-12H,3,5,7H2,1H3. The SMILES string of the molecule is Cc1cccc(S)c1CCCO. The van der Waals surface area contributed by atoms with Crippen molar-refractivity contribution >= 4 is 12.6 Å². The van der Waals surface area contributed by atoms with Crippen LogP contribution in [0.25, 0.3) is 0 Å². The third-order valence-corrected chi connectivity index (χ3v) is 2.39. The molecule has 0 heterocycles. The Balaban J connectivity index is 2.81. The van der Waals surface area contributed by atoms with Gasteiger partial charge in [-0.3, -0.25) is 0 Å². The van der Waals surface area contributed by atoms with Crippen molar-refractivity contribution < 1.29 is 5.11 Å². The molecule has 0 aromatic heterocycles. The molecule has 0 amide bonds. The van der Waals surface area contributed by atoms with Crippen LogP contribution in [0.4, 0.5) is 0 Å². The van der Waals surface area contributed by atoms with Crippen LogP contribution < -0.4 is 0 Å². The largest absolute Gasteiger partial charge is 0.396 e. The summed E-state index contributed by atoms with van der Waals surface area (Å²) in [5.74, 6) is 0. The van der Waals surface area contributed by atoms with E-state index in [1.165, 1.54) is 11.1 Å². The lowest BCUT2D eigenvalue weighted by Gasteiger charge is -2.07. The monoisotopic (exact) mass is 182 g/mol. The van der Waals surface area contributed by atoms with Gasteiger partial charge in [0, 0.05) is 11.5 Å². The minimum Gasteiger partial charge on any atom is -0.396 e. The third-order valence-electron chi connectivity index (χ3n) is 1.97. The molecule has 66 valence electrons. The molecule has 0 spiro atoms. The normalized spacial score (nSPS) is 10.2. The van der Waals surface area contributed by atoms with E-state index in [0.717, 1.165) is 17.7 Å². The van der Waals surface area contributed by atoms with Crippen LogP contribution in [0.2, 0.25) is 0 Å². The highest BCUT2D eigenvalue weighted by Gasteiger charge is 2.00. The topological polar surface area (TPSA) is 20.2 Å². The van der Waals surface area contributed by atoms with Gasteiger partial charge in [0.2, 0.25) is 0 Å². The Morgan fingerprint density at radius 1 is 1.42 bits per heavy atom. The molecule has 0 aliphatic heterocycles. The second kappa shape index (κ2) is 4.53. The third kappa shape index (κ3) is 2.26. The first kappa shape index (κ1) is 9.62. The van der Waals surface area contributed by atoms with Gasteiger partial charge < -0.3 is 5.11 Å². The van der Waals surface area contributed by atoms with Crippen molar-refractivity contribution in [1.29, 1.82) is 0 Å². The van der Waals surface area contributed by atoms with E-state index in [4.69, 9.17) is 5.11 Å². The first-order valence-electron chi connectivity index (χ1n) is 4.14. The first-order valence-corrected chi connectivity index (χ1v) is 4.58. The fourth-order valence-corrected chi connectivity index (χ4v) is 1.64. The summed E-state index contributed by atoms with van der Waals surface area (Å²) in [7, 11) is 0. The summed E-state index contributed by atoms with van der Waals surface area (Å²) in [6.45, 7) is 2.33. The van der Waals surface area contributed by atoms with Gasteiger partial charge in [0.25, 0.3) is 0 Å². The molecule has 0 radical (unpaired) electrons. The van der Waals surface area contributed by atoms with Crippen LogP contribution in [0.15, 0.2) is 23.1 Å². The van der Waals surface area contributed by atoms with Gasteiger partial charge in [-0.1, -0.05) is 12.1 Å². The van der Waals surface area contributed by atoms with Crippen LogP contribution in [0.5, 0.6) is 0 Å². The molecule has 0 aliphatic carbocycles. The van der Waals surface area contributed by atoms with Gasteiger partial charge in [-0.25, -0.2) is 0 Å². The molecule has 0 bridgehead atoms. The Morgan fingerprint density at radius 2 is 2.17 bits per heavy atom. The number of thiol groups is 1. The van der Waals surface area contributed by atoms with Gasteiger partial charge in [0.1, 0.15) is 0 Å². The van der Waals surface area contributed by atoms with Crippen molar-refractivity contribution in [3.63, 3.8) is 0 Å². The molecule has 1 aromatic carbocycles. The molecule has 0 aliphatic rings. The number of aliphatic hydroxyl groups is 1. The van der Waals surface area contributed by atoms with Crippen molar-refractivity contribution in [2.24, 2.45) is 0 Å². The lowest BCUT2D eigenvalue weighted by Crippen LogP contribution is -1.93. The van der Waals surface area contributed by atoms with E-state index >= 15 is 0 Å². The fourth-order valence-electron chi connectivity index (χ4n) is 1.27. The smallest absolute Gasteiger partial charge is 0.0434 e. The van der Waals surface area contributed by atoms with Crippen LogP contribution in [-0.2, 0) is 6.42 Å². The van der Waals surface area contributed by atoms with Crippen LogP contribution >= 0.6 is 12.6 Å². The summed E-state index contributed by atoms with van der Waals surface area (Å²) in [6, 6.07) is 6.06. The van der Waals surface area contributed by atoms with E-state index in [0.29, 0.717) is 0 Å². The molecule has 12 heavy (non-hydrogen) atoms. The Hall–Kier alpha value is -0.470. The Bertz CT molecular complexity index is 238. The molecule has 1 rings (SSSR count). The van der Waals surface area contributed by atoms with E-state index < -0.39 is 0 Å². The summed E-state index contributed by atoms with van der Waals surface area (Å²) in [6.07, 6.45) is 1.74. The molecule has 0 fully saturated rings. The number of aliphatic hydroxyl groups excluding tert-OH is 1. The van der Waals surface area contributed by atoms with Gasteiger partial charge in [0.05, 0.1) is 0 Å². The van der Waals surface area contributed by atoms with Crippen molar-refractivity contribution in [1.82, 2.24) is 0 Å². The molecule has 0 atom stereocenters. The summed E-state index contributed by atoms with van der Waals surface area (Å²) in [4.78, 5) is 1.03. The predicted octanol–water partition coefficient (Wildman–Crippen LogP) is 2.21. The number of aryl methyl sites for hydroxylation is 1. The summed E-state index contributed by atoms with van der Waals surface area (Å²) >= 11 is 4.36. The molecule has 0 unspecified atom stereocenters. The van der Waals surface area contributed by atoms with Gasteiger partial charge in [0.15, 0.2) is 0 Å². The summed E-state index contributed by atoms with van der Waals surface area (Å²) in [5, 5.41) is 8.68. The molecule has 0 saturated heterocycles. The average molecular weight is 182 g/mol.